The van der Waals surface area contributed by atoms with Crippen LogP contribution < -0.4 is 5.32 Å². The summed E-state index contributed by atoms with van der Waals surface area (Å²) < 4.78 is 0. The molecule has 1 amide bonds. The van der Waals surface area contributed by atoms with Crippen molar-refractivity contribution in [3.8, 4) is 0 Å². The maximum Gasteiger partial charge on any atom is 0.230 e. The van der Waals surface area contributed by atoms with E-state index in [2.05, 4.69) is 27.4 Å². The third-order valence-electron chi connectivity index (χ3n) is 2.76. The molecule has 0 saturated heterocycles. The van der Waals surface area contributed by atoms with Crippen LogP contribution in [0.2, 0.25) is 5.02 Å². The molecule has 0 aliphatic heterocycles. The van der Waals surface area contributed by atoms with Crippen LogP contribution >= 0.6 is 23.4 Å². The Morgan fingerprint density at radius 1 is 1.43 bits per heavy atom. The molecule has 0 spiro atoms. The van der Waals surface area contributed by atoms with Crippen LogP contribution in [0.3, 0.4) is 0 Å². The minimum atomic E-state index is -0.0678. The summed E-state index contributed by atoms with van der Waals surface area (Å²) in [7, 11) is 0. The molecule has 1 aromatic carbocycles. The first kappa shape index (κ1) is 15.9. The smallest absolute Gasteiger partial charge is 0.230 e. The third kappa shape index (κ3) is 5.06. The predicted octanol–water partition coefficient (Wildman–Crippen LogP) is 2.82. The van der Waals surface area contributed by atoms with E-state index in [9.17, 15) is 4.79 Å². The number of nitrogens with one attached hydrogen (secondary N) is 2. The number of aromatic nitrogens is 3. The molecule has 0 bridgehead atoms. The molecule has 21 heavy (non-hydrogen) atoms. The maximum absolute atomic E-state index is 11.8. The Balaban J connectivity index is 1.75. The van der Waals surface area contributed by atoms with Gasteiger partial charge in [0.2, 0.25) is 11.1 Å². The number of H-pyrrole nitrogens is 1. The van der Waals surface area contributed by atoms with E-state index < -0.39 is 0 Å². The highest BCUT2D eigenvalue weighted by molar-refractivity contribution is 7.99. The highest BCUT2D eigenvalue weighted by atomic mass is 35.5. The highest BCUT2D eigenvalue weighted by Gasteiger charge is 2.08. The molecule has 2 N–H and O–H groups in total. The van der Waals surface area contributed by atoms with Crippen molar-refractivity contribution in [1.82, 2.24) is 20.5 Å². The number of hydrogen-bond donors (Lipinski definition) is 2. The molecule has 0 radical (unpaired) electrons. The topological polar surface area (TPSA) is 70.7 Å². The molecular formula is C14H17ClN4OS. The second kappa shape index (κ2) is 8.05. The van der Waals surface area contributed by atoms with Crippen molar-refractivity contribution in [3.05, 3.63) is 40.7 Å². The lowest BCUT2D eigenvalue weighted by molar-refractivity contribution is -0.118. The number of benzene rings is 1. The SMILES string of the molecule is CCCc1nc(SCC(=O)NCc2ccccc2Cl)n[nH]1. The van der Waals surface area contributed by atoms with Crippen molar-refractivity contribution in [2.75, 3.05) is 5.75 Å². The number of rotatable bonds is 7. The molecule has 1 aromatic heterocycles. The van der Waals surface area contributed by atoms with E-state index in [1.165, 1.54) is 11.8 Å². The lowest BCUT2D eigenvalue weighted by Crippen LogP contribution is -2.24. The summed E-state index contributed by atoms with van der Waals surface area (Å²) in [4.78, 5) is 16.1. The number of nitrogens with zero attached hydrogens (tertiary/aromatic N) is 2. The standard InChI is InChI=1S/C14H17ClN4OS/c1-2-5-12-17-14(19-18-12)21-9-13(20)16-8-10-6-3-4-7-11(10)15/h3-4,6-7H,2,5,8-9H2,1H3,(H,16,20)(H,17,18,19). The molecular weight excluding hydrogens is 308 g/mol. The van der Waals surface area contributed by atoms with Crippen LogP contribution in [0.15, 0.2) is 29.4 Å². The monoisotopic (exact) mass is 324 g/mol. The van der Waals surface area contributed by atoms with Crippen molar-refractivity contribution >= 4 is 29.3 Å². The summed E-state index contributed by atoms with van der Waals surface area (Å²) in [6, 6.07) is 7.45. The zero-order chi connectivity index (χ0) is 15.1. The molecule has 2 aromatic rings. The van der Waals surface area contributed by atoms with E-state index in [1.807, 2.05) is 18.2 Å². The second-order valence-electron chi connectivity index (χ2n) is 4.47. The largest absolute Gasteiger partial charge is 0.351 e. The molecule has 1 heterocycles. The van der Waals surface area contributed by atoms with E-state index >= 15 is 0 Å². The zero-order valence-corrected chi connectivity index (χ0v) is 13.3. The van der Waals surface area contributed by atoms with Crippen molar-refractivity contribution in [2.45, 2.75) is 31.5 Å². The van der Waals surface area contributed by atoms with E-state index in [4.69, 9.17) is 11.6 Å². The number of halogens is 1. The molecule has 2 rings (SSSR count). The average Bonchev–Trinajstić information content (AvgIpc) is 2.92. The number of amides is 1. The first-order chi connectivity index (χ1) is 10.2. The molecule has 0 unspecified atom stereocenters. The lowest BCUT2D eigenvalue weighted by Gasteiger charge is -2.05. The van der Waals surface area contributed by atoms with Crippen LogP contribution in [0.5, 0.6) is 0 Å². The van der Waals surface area contributed by atoms with Crippen LogP contribution in [0, 0.1) is 0 Å². The van der Waals surface area contributed by atoms with Gasteiger partial charge in [-0.3, -0.25) is 9.89 Å². The van der Waals surface area contributed by atoms with Crippen LogP contribution in [-0.4, -0.2) is 26.8 Å². The Labute approximate surface area is 132 Å². The summed E-state index contributed by atoms with van der Waals surface area (Å²) >= 11 is 7.35. The summed E-state index contributed by atoms with van der Waals surface area (Å²) in [6.45, 7) is 2.51. The average molecular weight is 325 g/mol. The van der Waals surface area contributed by atoms with Gasteiger partial charge < -0.3 is 5.32 Å². The van der Waals surface area contributed by atoms with Crippen LogP contribution in [0.25, 0.3) is 0 Å². The Morgan fingerprint density at radius 2 is 2.24 bits per heavy atom. The number of hydrogen-bond acceptors (Lipinski definition) is 4. The van der Waals surface area contributed by atoms with E-state index in [0.717, 1.165) is 24.2 Å². The highest BCUT2D eigenvalue weighted by Crippen LogP contribution is 2.15. The van der Waals surface area contributed by atoms with Gasteiger partial charge >= 0.3 is 0 Å². The number of thioether (sulfide) groups is 1. The van der Waals surface area contributed by atoms with Gasteiger partial charge in [-0.05, 0) is 18.1 Å². The van der Waals surface area contributed by atoms with Crippen molar-refractivity contribution in [2.24, 2.45) is 0 Å². The summed E-state index contributed by atoms with van der Waals surface area (Å²) in [5.74, 6) is 1.08. The molecule has 0 atom stereocenters. The third-order valence-corrected chi connectivity index (χ3v) is 3.98. The van der Waals surface area contributed by atoms with Gasteiger partial charge in [0.05, 0.1) is 5.75 Å². The van der Waals surface area contributed by atoms with Gasteiger partial charge in [-0.15, -0.1) is 5.10 Å². The Kier molecular flexibility index (Phi) is 6.07. The van der Waals surface area contributed by atoms with Gasteiger partial charge in [-0.1, -0.05) is 48.5 Å². The van der Waals surface area contributed by atoms with Crippen molar-refractivity contribution in [3.63, 3.8) is 0 Å². The Hall–Kier alpha value is -1.53. The van der Waals surface area contributed by atoms with Crippen molar-refractivity contribution in [1.29, 1.82) is 0 Å². The van der Waals surface area contributed by atoms with Gasteiger partial charge in [0.25, 0.3) is 0 Å². The van der Waals surface area contributed by atoms with Crippen LogP contribution in [0.4, 0.5) is 0 Å². The minimum absolute atomic E-state index is 0.0678. The van der Waals surface area contributed by atoms with Gasteiger partial charge in [0.1, 0.15) is 5.82 Å². The zero-order valence-electron chi connectivity index (χ0n) is 11.7. The lowest BCUT2D eigenvalue weighted by atomic mass is 10.2. The van der Waals surface area contributed by atoms with Crippen molar-refractivity contribution < 1.29 is 4.79 Å². The summed E-state index contributed by atoms with van der Waals surface area (Å²) in [5.41, 5.74) is 0.903. The van der Waals surface area contributed by atoms with Crippen LogP contribution in [0.1, 0.15) is 24.7 Å². The summed E-state index contributed by atoms with van der Waals surface area (Å²) in [6.07, 6.45) is 1.88. The van der Waals surface area contributed by atoms with E-state index in [1.54, 1.807) is 6.07 Å². The van der Waals surface area contributed by atoms with E-state index in [0.29, 0.717) is 16.7 Å². The predicted molar refractivity (Wildman–Crippen MR) is 84.4 cm³/mol. The molecule has 0 aliphatic rings. The molecule has 5 nitrogen and oxygen atoms in total. The summed E-state index contributed by atoms with van der Waals surface area (Å²) in [5, 5.41) is 11.0. The Bertz CT molecular complexity index is 602. The number of aryl methyl sites for hydroxylation is 1. The fraction of sp³-hybridized carbons (Fsp3) is 0.357. The number of aromatic amines is 1. The molecule has 0 fully saturated rings. The van der Waals surface area contributed by atoms with Gasteiger partial charge in [-0.2, -0.15) is 0 Å². The van der Waals surface area contributed by atoms with Gasteiger partial charge in [0, 0.05) is 18.0 Å². The van der Waals surface area contributed by atoms with Crippen LogP contribution in [-0.2, 0) is 17.8 Å². The molecule has 0 aliphatic carbocycles. The fourth-order valence-electron chi connectivity index (χ4n) is 1.71. The Morgan fingerprint density at radius 3 is 3.00 bits per heavy atom. The number of carbonyl (C=O) groups excluding carboxylic acids is 1. The van der Waals surface area contributed by atoms with Gasteiger partial charge in [0.15, 0.2) is 0 Å². The van der Waals surface area contributed by atoms with Gasteiger partial charge in [-0.25, -0.2) is 4.98 Å². The quantitative estimate of drug-likeness (QED) is 0.768. The molecule has 0 saturated carbocycles. The normalized spacial score (nSPS) is 10.6. The minimum Gasteiger partial charge on any atom is -0.351 e. The molecule has 112 valence electrons. The first-order valence-electron chi connectivity index (χ1n) is 6.73. The molecule has 7 heteroatoms. The van der Waals surface area contributed by atoms with E-state index in [-0.39, 0.29) is 11.7 Å². The first-order valence-corrected chi connectivity index (χ1v) is 8.09. The second-order valence-corrected chi connectivity index (χ2v) is 5.82. The maximum atomic E-state index is 11.8. The number of carbonyl (C=O) groups is 1. The fourth-order valence-corrected chi connectivity index (χ4v) is 2.56.